The van der Waals surface area contributed by atoms with E-state index >= 15 is 0 Å². The fraction of sp³-hybridized carbons (Fsp3) is 0.533. The van der Waals surface area contributed by atoms with Crippen molar-refractivity contribution < 1.29 is 14.3 Å². The van der Waals surface area contributed by atoms with Crippen molar-refractivity contribution in [3.8, 4) is 0 Å². The topological polar surface area (TPSA) is 49.3 Å². The van der Waals surface area contributed by atoms with Gasteiger partial charge in [0.15, 0.2) is 0 Å². The van der Waals surface area contributed by atoms with Gasteiger partial charge in [-0.1, -0.05) is 20.8 Å². The molecule has 0 aliphatic carbocycles. The lowest BCUT2D eigenvalue weighted by atomic mass is 9.92. The van der Waals surface area contributed by atoms with Crippen molar-refractivity contribution in [3.05, 3.63) is 29.1 Å². The number of benzene rings is 1. The van der Waals surface area contributed by atoms with Gasteiger partial charge in [-0.3, -0.25) is 4.79 Å². The Bertz CT molecular complexity index is 499. The summed E-state index contributed by atoms with van der Waals surface area (Å²) in [5.41, 5.74) is 1.77. The molecule has 3 nitrogen and oxygen atoms in total. The van der Waals surface area contributed by atoms with Crippen LogP contribution in [0.5, 0.6) is 0 Å². The zero-order valence-electron chi connectivity index (χ0n) is 11.5. The molecule has 19 heavy (non-hydrogen) atoms. The van der Waals surface area contributed by atoms with Crippen LogP contribution in [0.15, 0.2) is 12.1 Å². The highest BCUT2D eigenvalue weighted by Crippen LogP contribution is 2.41. The Labute approximate surface area is 112 Å². The van der Waals surface area contributed by atoms with Crippen LogP contribution in [-0.4, -0.2) is 11.0 Å². The molecule has 0 bridgehead atoms. The molecule has 1 aromatic carbocycles. The highest BCUT2D eigenvalue weighted by molar-refractivity contribution is 6.03. The second-order valence-corrected chi connectivity index (χ2v) is 5.55. The fourth-order valence-electron chi connectivity index (χ4n) is 2.66. The molecular weight excluding hydrogens is 245 g/mol. The number of fused-ring (bicyclic) bond motifs is 1. The number of carbonyl (C=O) groups is 1. The summed E-state index contributed by atoms with van der Waals surface area (Å²) in [4.78, 5) is 11.9. The minimum atomic E-state index is -0.750. The molecule has 1 aromatic rings. The molecule has 2 N–H and O–H groups in total. The Morgan fingerprint density at radius 3 is 2.68 bits per heavy atom. The molecule has 1 heterocycles. The van der Waals surface area contributed by atoms with Crippen molar-refractivity contribution in [1.29, 1.82) is 0 Å². The van der Waals surface area contributed by atoms with E-state index in [0.717, 1.165) is 0 Å². The van der Waals surface area contributed by atoms with Crippen LogP contribution in [0.3, 0.4) is 0 Å². The van der Waals surface area contributed by atoms with Crippen molar-refractivity contribution in [2.24, 2.45) is 5.92 Å². The van der Waals surface area contributed by atoms with Crippen LogP contribution in [0.25, 0.3) is 0 Å². The van der Waals surface area contributed by atoms with Crippen molar-refractivity contribution >= 4 is 11.6 Å². The van der Waals surface area contributed by atoms with Gasteiger partial charge in [-0.05, 0) is 36.5 Å². The molecule has 0 saturated carbocycles. The average molecular weight is 265 g/mol. The van der Waals surface area contributed by atoms with Gasteiger partial charge in [-0.15, -0.1) is 0 Å². The Kier molecular flexibility index (Phi) is 3.90. The van der Waals surface area contributed by atoms with Gasteiger partial charge in [-0.2, -0.15) is 0 Å². The summed E-state index contributed by atoms with van der Waals surface area (Å²) in [5, 5.41) is 13.0. The van der Waals surface area contributed by atoms with Gasteiger partial charge in [0.25, 0.3) is 0 Å². The number of carbonyl (C=O) groups excluding carboxylic acids is 1. The van der Waals surface area contributed by atoms with Gasteiger partial charge in [0.1, 0.15) is 5.82 Å². The average Bonchev–Trinajstić information content (AvgIpc) is 2.62. The van der Waals surface area contributed by atoms with E-state index in [9.17, 15) is 14.3 Å². The standard InChI is InChI=1S/C15H20FNO2/c1-4-10-11-6-9(16)7-12(13(18)5-8(2)3)14(11)17-15(10)19/h6-8,10,13,18H,4-5H2,1-3H3,(H,17,19). The van der Waals surface area contributed by atoms with E-state index in [1.165, 1.54) is 12.1 Å². The minimum absolute atomic E-state index is 0.110. The number of anilines is 1. The summed E-state index contributed by atoms with van der Waals surface area (Å²) >= 11 is 0. The number of aliphatic hydroxyl groups excluding tert-OH is 1. The second kappa shape index (κ2) is 5.29. The first-order chi connectivity index (χ1) is 8.93. The maximum atomic E-state index is 13.7. The smallest absolute Gasteiger partial charge is 0.232 e. The summed E-state index contributed by atoms with van der Waals surface area (Å²) in [6, 6.07) is 2.72. The first-order valence-electron chi connectivity index (χ1n) is 6.76. The molecule has 4 heteroatoms. The lowest BCUT2D eigenvalue weighted by Crippen LogP contribution is -2.11. The van der Waals surface area contributed by atoms with Gasteiger partial charge in [-0.25, -0.2) is 4.39 Å². The van der Waals surface area contributed by atoms with E-state index in [1.807, 2.05) is 20.8 Å². The molecule has 0 spiro atoms. The number of hydrogen-bond acceptors (Lipinski definition) is 2. The second-order valence-electron chi connectivity index (χ2n) is 5.55. The van der Waals surface area contributed by atoms with Crippen LogP contribution in [0.4, 0.5) is 10.1 Å². The van der Waals surface area contributed by atoms with Gasteiger partial charge < -0.3 is 10.4 Å². The number of nitrogens with one attached hydrogen (secondary N) is 1. The van der Waals surface area contributed by atoms with Crippen LogP contribution >= 0.6 is 0 Å². The fourth-order valence-corrected chi connectivity index (χ4v) is 2.66. The van der Waals surface area contributed by atoms with Crippen LogP contribution in [0.2, 0.25) is 0 Å². The van der Waals surface area contributed by atoms with E-state index in [-0.39, 0.29) is 11.8 Å². The van der Waals surface area contributed by atoms with E-state index in [2.05, 4.69) is 5.32 Å². The monoisotopic (exact) mass is 265 g/mol. The van der Waals surface area contributed by atoms with Gasteiger partial charge in [0.2, 0.25) is 5.91 Å². The molecule has 0 aromatic heterocycles. The van der Waals surface area contributed by atoms with Crippen LogP contribution in [0.1, 0.15) is 56.8 Å². The third-order valence-electron chi connectivity index (χ3n) is 3.57. The molecule has 2 unspecified atom stereocenters. The molecule has 1 amide bonds. The van der Waals surface area contributed by atoms with E-state index in [4.69, 9.17) is 0 Å². The molecule has 1 aliphatic rings. The van der Waals surface area contributed by atoms with E-state index < -0.39 is 11.9 Å². The molecule has 0 radical (unpaired) electrons. The SMILES string of the molecule is CCC1C(=O)Nc2c(C(O)CC(C)C)cc(F)cc21. The summed E-state index contributed by atoms with van der Waals surface area (Å²) in [6.45, 7) is 5.89. The largest absolute Gasteiger partial charge is 0.388 e. The number of rotatable bonds is 4. The molecule has 104 valence electrons. The van der Waals surface area contributed by atoms with Crippen molar-refractivity contribution in [2.75, 3.05) is 5.32 Å². The molecule has 2 rings (SSSR count). The zero-order valence-corrected chi connectivity index (χ0v) is 11.5. The lowest BCUT2D eigenvalue weighted by Gasteiger charge is -2.17. The van der Waals surface area contributed by atoms with Crippen LogP contribution in [0, 0.1) is 11.7 Å². The first kappa shape index (κ1) is 14.0. The molecule has 0 fully saturated rings. The highest BCUT2D eigenvalue weighted by Gasteiger charge is 2.33. The van der Waals surface area contributed by atoms with Crippen molar-refractivity contribution in [1.82, 2.24) is 0 Å². The zero-order chi connectivity index (χ0) is 14.2. The van der Waals surface area contributed by atoms with Crippen LogP contribution < -0.4 is 5.32 Å². The number of hydrogen-bond donors (Lipinski definition) is 2. The maximum Gasteiger partial charge on any atom is 0.232 e. The minimum Gasteiger partial charge on any atom is -0.388 e. The maximum absolute atomic E-state index is 13.7. The number of halogens is 1. The van der Waals surface area contributed by atoms with Crippen molar-refractivity contribution in [3.63, 3.8) is 0 Å². The first-order valence-corrected chi connectivity index (χ1v) is 6.76. The normalized spacial score (nSPS) is 19.5. The predicted octanol–water partition coefficient (Wildman–Crippen LogP) is 3.35. The molecule has 1 aliphatic heterocycles. The van der Waals surface area contributed by atoms with Gasteiger partial charge >= 0.3 is 0 Å². The van der Waals surface area contributed by atoms with Crippen molar-refractivity contribution in [2.45, 2.75) is 45.6 Å². The van der Waals surface area contributed by atoms with E-state index in [0.29, 0.717) is 35.6 Å². The number of amides is 1. The quantitative estimate of drug-likeness (QED) is 0.877. The lowest BCUT2D eigenvalue weighted by molar-refractivity contribution is -0.117. The molecule has 2 atom stereocenters. The number of aliphatic hydroxyl groups is 1. The Morgan fingerprint density at radius 1 is 1.42 bits per heavy atom. The third kappa shape index (κ3) is 2.63. The van der Waals surface area contributed by atoms with Crippen LogP contribution in [-0.2, 0) is 4.79 Å². The Hall–Kier alpha value is -1.42. The summed E-state index contributed by atoms with van der Waals surface area (Å²) in [6.07, 6.45) is 0.422. The predicted molar refractivity (Wildman–Crippen MR) is 72.5 cm³/mol. The Balaban J connectivity index is 2.44. The summed E-state index contributed by atoms with van der Waals surface area (Å²) in [5.74, 6) is -0.517. The molecule has 0 saturated heterocycles. The third-order valence-corrected chi connectivity index (χ3v) is 3.57. The highest BCUT2D eigenvalue weighted by atomic mass is 19.1. The van der Waals surface area contributed by atoms with Gasteiger partial charge in [0, 0.05) is 5.56 Å². The molecular formula is C15H20FNO2. The summed E-state index contributed by atoms with van der Waals surface area (Å²) in [7, 11) is 0. The Morgan fingerprint density at radius 2 is 2.11 bits per heavy atom. The van der Waals surface area contributed by atoms with Gasteiger partial charge in [0.05, 0.1) is 17.7 Å². The summed E-state index contributed by atoms with van der Waals surface area (Å²) < 4.78 is 13.7. The van der Waals surface area contributed by atoms with E-state index in [1.54, 1.807) is 0 Å².